The summed E-state index contributed by atoms with van der Waals surface area (Å²) in [7, 11) is 0. The van der Waals surface area contributed by atoms with Gasteiger partial charge in [0.1, 0.15) is 0 Å². The second kappa shape index (κ2) is 8.13. The van der Waals surface area contributed by atoms with Gasteiger partial charge in [0.2, 0.25) is 0 Å². The highest BCUT2D eigenvalue weighted by Gasteiger charge is 2.25. The Kier molecular flexibility index (Phi) is 7.20. The summed E-state index contributed by atoms with van der Waals surface area (Å²) in [5.74, 6) is 0.754. The molecule has 3 unspecified atom stereocenters. The van der Waals surface area contributed by atoms with Gasteiger partial charge in [0, 0.05) is 25.2 Å². The molecule has 0 aromatic rings. The third kappa shape index (κ3) is 5.25. The van der Waals surface area contributed by atoms with Gasteiger partial charge in [0.25, 0.3) is 0 Å². The molecule has 1 heterocycles. The first-order valence-corrected chi connectivity index (χ1v) is 7.63. The summed E-state index contributed by atoms with van der Waals surface area (Å²) in [6.07, 6.45) is 2.84. The van der Waals surface area contributed by atoms with Gasteiger partial charge >= 0.3 is 0 Å². The van der Waals surface area contributed by atoms with Gasteiger partial charge in [-0.1, -0.05) is 20.3 Å². The van der Waals surface area contributed by atoms with E-state index in [-0.39, 0.29) is 0 Å². The lowest BCUT2D eigenvalue weighted by molar-refractivity contribution is 0.0487. The summed E-state index contributed by atoms with van der Waals surface area (Å²) in [4.78, 5) is 2.60. The smallest absolute Gasteiger partial charge is 0.0597 e. The number of hydrogen-bond acceptors (Lipinski definition) is 3. The molecule has 3 atom stereocenters. The Morgan fingerprint density at radius 1 is 1.33 bits per heavy atom. The van der Waals surface area contributed by atoms with Gasteiger partial charge in [-0.05, 0) is 39.7 Å². The van der Waals surface area contributed by atoms with E-state index < -0.39 is 0 Å². The van der Waals surface area contributed by atoms with Crippen LogP contribution in [0.5, 0.6) is 0 Å². The Morgan fingerprint density at radius 3 is 2.67 bits per heavy atom. The van der Waals surface area contributed by atoms with E-state index in [9.17, 15) is 0 Å². The molecule has 1 saturated heterocycles. The molecule has 0 aromatic heterocycles. The SMILES string of the molecule is CCC(C)C1CN(CCOC(C)C)C(C)CCN1. The number of rotatable bonds is 6. The molecule has 1 rings (SSSR count). The second-order valence-corrected chi connectivity index (χ2v) is 6.00. The topological polar surface area (TPSA) is 24.5 Å². The van der Waals surface area contributed by atoms with Crippen molar-refractivity contribution in [2.75, 3.05) is 26.2 Å². The van der Waals surface area contributed by atoms with Gasteiger partial charge < -0.3 is 10.1 Å². The average molecular weight is 256 g/mol. The van der Waals surface area contributed by atoms with E-state index in [0.29, 0.717) is 18.2 Å². The Bertz CT molecular complexity index is 221. The minimum atomic E-state index is 0.343. The summed E-state index contributed by atoms with van der Waals surface area (Å²) in [5.41, 5.74) is 0. The van der Waals surface area contributed by atoms with Crippen LogP contribution in [0.25, 0.3) is 0 Å². The Morgan fingerprint density at radius 2 is 2.06 bits per heavy atom. The molecule has 1 fully saturated rings. The predicted molar refractivity (Wildman–Crippen MR) is 78.0 cm³/mol. The zero-order valence-electron chi connectivity index (χ0n) is 12.9. The maximum absolute atomic E-state index is 5.69. The molecule has 3 nitrogen and oxygen atoms in total. The summed E-state index contributed by atoms with van der Waals surface area (Å²) in [6, 6.07) is 1.31. The van der Waals surface area contributed by atoms with Crippen molar-refractivity contribution in [1.29, 1.82) is 0 Å². The number of ether oxygens (including phenoxy) is 1. The fourth-order valence-corrected chi connectivity index (χ4v) is 2.54. The maximum atomic E-state index is 5.69. The van der Waals surface area contributed by atoms with E-state index in [1.54, 1.807) is 0 Å². The monoisotopic (exact) mass is 256 g/mol. The van der Waals surface area contributed by atoms with Gasteiger partial charge in [-0.3, -0.25) is 4.90 Å². The molecular weight excluding hydrogens is 224 g/mol. The lowest BCUT2D eigenvalue weighted by Gasteiger charge is -2.31. The normalized spacial score (nSPS) is 28.3. The van der Waals surface area contributed by atoms with Crippen LogP contribution in [-0.2, 0) is 4.74 Å². The standard InChI is InChI=1S/C15H32N2O/c1-6-13(4)15-11-17(9-10-18-12(2)3)14(5)7-8-16-15/h12-16H,6-11H2,1-5H3. The Balaban J connectivity index is 2.45. The predicted octanol–water partition coefficient (Wildman–Crippen LogP) is 2.51. The largest absolute Gasteiger partial charge is 0.377 e. The van der Waals surface area contributed by atoms with Crippen molar-refractivity contribution in [3.63, 3.8) is 0 Å². The van der Waals surface area contributed by atoms with Crippen molar-refractivity contribution in [1.82, 2.24) is 10.2 Å². The van der Waals surface area contributed by atoms with Crippen LogP contribution in [0.1, 0.15) is 47.5 Å². The minimum Gasteiger partial charge on any atom is -0.377 e. The molecule has 0 bridgehead atoms. The molecular formula is C15H32N2O. The van der Waals surface area contributed by atoms with Crippen LogP contribution in [0.2, 0.25) is 0 Å². The van der Waals surface area contributed by atoms with Crippen molar-refractivity contribution in [2.24, 2.45) is 5.92 Å². The summed E-state index contributed by atoms with van der Waals surface area (Å²) in [6.45, 7) is 15.4. The molecule has 1 aliphatic rings. The molecule has 18 heavy (non-hydrogen) atoms. The van der Waals surface area contributed by atoms with Crippen molar-refractivity contribution < 1.29 is 4.74 Å². The molecule has 1 aliphatic heterocycles. The van der Waals surface area contributed by atoms with Crippen LogP contribution >= 0.6 is 0 Å². The van der Waals surface area contributed by atoms with Gasteiger partial charge in [0.15, 0.2) is 0 Å². The summed E-state index contributed by atoms with van der Waals surface area (Å²) >= 11 is 0. The number of hydrogen-bond donors (Lipinski definition) is 1. The van der Waals surface area contributed by atoms with Gasteiger partial charge in [-0.2, -0.15) is 0 Å². The Hall–Kier alpha value is -0.120. The maximum Gasteiger partial charge on any atom is 0.0597 e. The first-order chi connectivity index (χ1) is 8.54. The van der Waals surface area contributed by atoms with Crippen molar-refractivity contribution in [3.05, 3.63) is 0 Å². The molecule has 3 heteroatoms. The highest BCUT2D eigenvalue weighted by atomic mass is 16.5. The van der Waals surface area contributed by atoms with Crippen LogP contribution in [0.15, 0.2) is 0 Å². The van der Waals surface area contributed by atoms with Gasteiger partial charge in [-0.15, -0.1) is 0 Å². The molecule has 108 valence electrons. The molecule has 0 radical (unpaired) electrons. The zero-order chi connectivity index (χ0) is 13.5. The molecule has 0 saturated carbocycles. The first kappa shape index (κ1) is 15.9. The lowest BCUT2D eigenvalue weighted by atomic mass is 9.99. The number of nitrogens with one attached hydrogen (secondary N) is 1. The third-order valence-electron chi connectivity index (χ3n) is 4.18. The van der Waals surface area contributed by atoms with E-state index >= 15 is 0 Å². The van der Waals surface area contributed by atoms with Crippen LogP contribution < -0.4 is 5.32 Å². The van der Waals surface area contributed by atoms with E-state index in [1.807, 2.05) is 0 Å². The van der Waals surface area contributed by atoms with E-state index in [2.05, 4.69) is 44.8 Å². The van der Waals surface area contributed by atoms with Crippen molar-refractivity contribution in [3.8, 4) is 0 Å². The van der Waals surface area contributed by atoms with E-state index in [4.69, 9.17) is 4.74 Å². The number of nitrogens with zero attached hydrogens (tertiary/aromatic N) is 1. The lowest BCUT2D eigenvalue weighted by Crippen LogP contribution is -2.44. The zero-order valence-corrected chi connectivity index (χ0v) is 12.9. The van der Waals surface area contributed by atoms with E-state index in [1.165, 1.54) is 12.8 Å². The van der Waals surface area contributed by atoms with Gasteiger partial charge in [-0.25, -0.2) is 0 Å². The van der Waals surface area contributed by atoms with Crippen LogP contribution in [-0.4, -0.2) is 49.3 Å². The van der Waals surface area contributed by atoms with Crippen LogP contribution in [0.4, 0.5) is 0 Å². The van der Waals surface area contributed by atoms with Crippen LogP contribution in [0, 0.1) is 5.92 Å². The van der Waals surface area contributed by atoms with Crippen molar-refractivity contribution >= 4 is 0 Å². The molecule has 0 amide bonds. The van der Waals surface area contributed by atoms with Crippen molar-refractivity contribution in [2.45, 2.75) is 65.6 Å². The molecule has 0 aliphatic carbocycles. The minimum absolute atomic E-state index is 0.343. The summed E-state index contributed by atoms with van der Waals surface area (Å²) < 4.78 is 5.69. The molecule has 1 N–H and O–H groups in total. The average Bonchev–Trinajstić information content (AvgIpc) is 2.51. The quantitative estimate of drug-likeness (QED) is 0.790. The first-order valence-electron chi connectivity index (χ1n) is 7.63. The van der Waals surface area contributed by atoms with E-state index in [0.717, 1.165) is 32.2 Å². The fraction of sp³-hybridized carbons (Fsp3) is 1.00. The summed E-state index contributed by atoms with van der Waals surface area (Å²) in [5, 5.41) is 3.71. The highest BCUT2D eigenvalue weighted by molar-refractivity contribution is 4.83. The van der Waals surface area contributed by atoms with Crippen LogP contribution in [0.3, 0.4) is 0 Å². The van der Waals surface area contributed by atoms with Gasteiger partial charge in [0.05, 0.1) is 12.7 Å². The highest BCUT2D eigenvalue weighted by Crippen LogP contribution is 2.15. The second-order valence-electron chi connectivity index (χ2n) is 6.00. The fourth-order valence-electron chi connectivity index (χ4n) is 2.54. The molecule has 0 spiro atoms. The third-order valence-corrected chi connectivity index (χ3v) is 4.18. The Labute approximate surface area is 113 Å². The molecule has 0 aromatic carbocycles.